The molecule has 0 radical (unpaired) electrons. The lowest BCUT2D eigenvalue weighted by Crippen LogP contribution is -2.45. The molecule has 0 aliphatic carbocycles. The fourth-order valence-corrected chi connectivity index (χ4v) is 3.38. The molecule has 2 aromatic rings. The van der Waals surface area contributed by atoms with Crippen molar-refractivity contribution in [3.8, 4) is 0 Å². The van der Waals surface area contributed by atoms with E-state index in [0.29, 0.717) is 5.92 Å². The zero-order valence-electron chi connectivity index (χ0n) is 14.8. The Kier molecular flexibility index (Phi) is 7.16. The Morgan fingerprint density at radius 3 is 2.36 bits per heavy atom. The van der Waals surface area contributed by atoms with Crippen LogP contribution in [-0.2, 0) is 16.0 Å². The Morgan fingerprint density at radius 2 is 1.80 bits per heavy atom. The highest BCUT2D eigenvalue weighted by Crippen LogP contribution is 2.26. The van der Waals surface area contributed by atoms with E-state index in [1.807, 2.05) is 11.4 Å². The maximum atomic E-state index is 11.8. The highest BCUT2D eigenvalue weighted by atomic mass is 32.1. The smallest absolute Gasteiger partial charge is 0.252 e. The van der Waals surface area contributed by atoms with Gasteiger partial charge in [0.05, 0.1) is 12.6 Å². The van der Waals surface area contributed by atoms with Gasteiger partial charge in [0.2, 0.25) is 5.91 Å². The molecule has 5 nitrogen and oxygen atoms in total. The first-order valence-corrected chi connectivity index (χ1v) is 9.24. The molecular formula is C19H25N3O2S. The fourth-order valence-electron chi connectivity index (χ4n) is 2.55. The summed E-state index contributed by atoms with van der Waals surface area (Å²) in [4.78, 5) is 23.8. The van der Waals surface area contributed by atoms with Gasteiger partial charge < -0.3 is 0 Å². The van der Waals surface area contributed by atoms with Gasteiger partial charge in [-0.2, -0.15) is 0 Å². The number of rotatable bonds is 7. The molecule has 0 aliphatic heterocycles. The van der Waals surface area contributed by atoms with E-state index < -0.39 is 0 Å². The van der Waals surface area contributed by atoms with E-state index in [4.69, 9.17) is 0 Å². The van der Waals surface area contributed by atoms with Crippen LogP contribution in [0.1, 0.15) is 42.8 Å². The van der Waals surface area contributed by atoms with Crippen LogP contribution in [0.2, 0.25) is 0 Å². The molecule has 0 bridgehead atoms. The van der Waals surface area contributed by atoms with Crippen LogP contribution in [0.15, 0.2) is 41.8 Å². The molecule has 0 fully saturated rings. The van der Waals surface area contributed by atoms with Gasteiger partial charge in [0.1, 0.15) is 0 Å². The standard InChI is InChI=1S/C19H25N3O2S/c1-13(2)11-15-6-8-16(9-7-15)19(17-5-4-10-25-17)20-12-18(24)22-21-14(3)23/h4-10,13,19-20H,11-12H2,1-3H3,(H,21,23)(H,22,24)/t19-/m1/s1. The van der Waals surface area contributed by atoms with Crippen LogP contribution in [-0.4, -0.2) is 18.4 Å². The Balaban J connectivity index is 2.06. The summed E-state index contributed by atoms with van der Waals surface area (Å²) in [5.41, 5.74) is 7.09. The number of hydrazine groups is 1. The normalized spacial score (nSPS) is 12.0. The van der Waals surface area contributed by atoms with Crippen molar-refractivity contribution in [2.24, 2.45) is 5.92 Å². The molecule has 25 heavy (non-hydrogen) atoms. The van der Waals surface area contributed by atoms with Crippen molar-refractivity contribution >= 4 is 23.2 Å². The van der Waals surface area contributed by atoms with Crippen molar-refractivity contribution in [1.29, 1.82) is 0 Å². The van der Waals surface area contributed by atoms with Gasteiger partial charge in [-0.25, -0.2) is 0 Å². The minimum atomic E-state index is -0.302. The maximum Gasteiger partial charge on any atom is 0.252 e. The number of hydrogen-bond donors (Lipinski definition) is 3. The van der Waals surface area contributed by atoms with Crippen molar-refractivity contribution < 1.29 is 9.59 Å². The molecule has 2 amide bonds. The first kappa shape index (κ1) is 19.1. The molecule has 3 N–H and O–H groups in total. The van der Waals surface area contributed by atoms with Gasteiger partial charge in [0.15, 0.2) is 0 Å². The van der Waals surface area contributed by atoms with Crippen molar-refractivity contribution in [3.63, 3.8) is 0 Å². The summed E-state index contributed by atoms with van der Waals surface area (Å²) in [5.74, 6) is 0.0339. The summed E-state index contributed by atoms with van der Waals surface area (Å²) < 4.78 is 0. The Labute approximate surface area is 152 Å². The topological polar surface area (TPSA) is 70.2 Å². The number of thiophene rings is 1. The number of carbonyl (C=O) groups excluding carboxylic acids is 2. The molecule has 2 rings (SSSR count). The lowest BCUT2D eigenvalue weighted by Gasteiger charge is -2.18. The van der Waals surface area contributed by atoms with Crippen molar-refractivity contribution in [2.75, 3.05) is 6.54 Å². The summed E-state index contributed by atoms with van der Waals surface area (Å²) in [6.07, 6.45) is 1.05. The number of nitrogens with one attached hydrogen (secondary N) is 3. The Morgan fingerprint density at radius 1 is 1.08 bits per heavy atom. The molecule has 1 atom stereocenters. The predicted molar refractivity (Wildman–Crippen MR) is 101 cm³/mol. The van der Waals surface area contributed by atoms with E-state index in [1.54, 1.807) is 11.3 Å². The van der Waals surface area contributed by atoms with Gasteiger partial charge in [0, 0.05) is 11.8 Å². The minimum absolute atomic E-state index is 0.0591. The quantitative estimate of drug-likeness (QED) is 0.666. The molecule has 0 unspecified atom stereocenters. The first-order chi connectivity index (χ1) is 12.0. The predicted octanol–water partition coefficient (Wildman–Crippen LogP) is 2.79. The molecule has 0 spiro atoms. The third-order valence-corrected chi connectivity index (χ3v) is 4.57. The summed E-state index contributed by atoms with van der Waals surface area (Å²) >= 11 is 1.65. The lowest BCUT2D eigenvalue weighted by molar-refractivity contribution is -0.127. The SMILES string of the molecule is CC(=O)NNC(=O)CN[C@H](c1ccc(CC(C)C)cc1)c1cccs1. The van der Waals surface area contributed by atoms with Crippen LogP contribution in [0.25, 0.3) is 0 Å². The number of hydrogen-bond acceptors (Lipinski definition) is 4. The average molecular weight is 359 g/mol. The van der Waals surface area contributed by atoms with E-state index in [2.05, 4.69) is 60.3 Å². The van der Waals surface area contributed by atoms with Gasteiger partial charge in [-0.05, 0) is 34.9 Å². The summed E-state index contributed by atoms with van der Waals surface area (Å²) in [5, 5.41) is 5.29. The van der Waals surface area contributed by atoms with Crippen LogP contribution in [0.4, 0.5) is 0 Å². The summed E-state index contributed by atoms with van der Waals surface area (Å²) in [7, 11) is 0. The minimum Gasteiger partial charge on any atom is -0.297 e. The second-order valence-electron chi connectivity index (χ2n) is 6.40. The maximum absolute atomic E-state index is 11.8. The number of amides is 2. The highest BCUT2D eigenvalue weighted by Gasteiger charge is 2.16. The van der Waals surface area contributed by atoms with Gasteiger partial charge in [-0.1, -0.05) is 44.2 Å². The van der Waals surface area contributed by atoms with Crippen molar-refractivity contribution in [2.45, 2.75) is 33.2 Å². The molecular weight excluding hydrogens is 334 g/mol. The van der Waals surface area contributed by atoms with Gasteiger partial charge in [0.25, 0.3) is 5.91 Å². The molecule has 1 heterocycles. The highest BCUT2D eigenvalue weighted by molar-refractivity contribution is 7.10. The molecule has 134 valence electrons. The third kappa shape index (κ3) is 6.32. The molecule has 0 aliphatic rings. The van der Waals surface area contributed by atoms with Crippen LogP contribution in [0, 0.1) is 5.92 Å². The first-order valence-electron chi connectivity index (χ1n) is 8.36. The van der Waals surface area contributed by atoms with Crippen molar-refractivity contribution in [3.05, 3.63) is 57.8 Å². The Bertz CT molecular complexity index is 681. The zero-order chi connectivity index (χ0) is 18.2. The van der Waals surface area contributed by atoms with Gasteiger partial charge in [-0.15, -0.1) is 11.3 Å². The molecule has 6 heteroatoms. The average Bonchev–Trinajstić information content (AvgIpc) is 3.08. The molecule has 1 aromatic carbocycles. The van der Waals surface area contributed by atoms with Crippen LogP contribution in [0.5, 0.6) is 0 Å². The molecule has 0 saturated carbocycles. The van der Waals surface area contributed by atoms with E-state index >= 15 is 0 Å². The van der Waals surface area contributed by atoms with E-state index in [9.17, 15) is 9.59 Å². The fraction of sp³-hybridized carbons (Fsp3) is 0.368. The van der Waals surface area contributed by atoms with Gasteiger partial charge in [-0.3, -0.25) is 25.8 Å². The van der Waals surface area contributed by atoms with E-state index in [1.165, 1.54) is 12.5 Å². The summed E-state index contributed by atoms with van der Waals surface area (Å²) in [6.45, 7) is 5.87. The van der Waals surface area contributed by atoms with Gasteiger partial charge >= 0.3 is 0 Å². The Hall–Kier alpha value is -2.18. The number of benzene rings is 1. The number of carbonyl (C=O) groups is 2. The zero-order valence-corrected chi connectivity index (χ0v) is 15.7. The van der Waals surface area contributed by atoms with E-state index in [0.717, 1.165) is 16.9 Å². The largest absolute Gasteiger partial charge is 0.297 e. The van der Waals surface area contributed by atoms with Crippen LogP contribution < -0.4 is 16.2 Å². The van der Waals surface area contributed by atoms with Crippen molar-refractivity contribution in [1.82, 2.24) is 16.2 Å². The van der Waals surface area contributed by atoms with E-state index in [-0.39, 0.29) is 24.4 Å². The third-order valence-electron chi connectivity index (χ3n) is 3.63. The summed E-state index contributed by atoms with van der Waals surface area (Å²) in [6, 6.07) is 12.5. The van der Waals surface area contributed by atoms with Crippen LogP contribution in [0.3, 0.4) is 0 Å². The molecule has 1 aromatic heterocycles. The lowest BCUT2D eigenvalue weighted by atomic mass is 9.99. The second kappa shape index (κ2) is 9.34. The monoisotopic (exact) mass is 359 g/mol. The van der Waals surface area contributed by atoms with Crippen LogP contribution >= 0.6 is 11.3 Å². The second-order valence-corrected chi connectivity index (χ2v) is 7.38. The molecule has 0 saturated heterocycles.